The van der Waals surface area contributed by atoms with Gasteiger partial charge in [0.15, 0.2) is 5.69 Å². The number of nitrogens with zero attached hydrogens (tertiary/aromatic N) is 4. The van der Waals surface area contributed by atoms with Gasteiger partial charge in [0, 0.05) is 32.4 Å². The van der Waals surface area contributed by atoms with E-state index in [4.69, 9.17) is 4.74 Å². The second kappa shape index (κ2) is 8.70. The summed E-state index contributed by atoms with van der Waals surface area (Å²) in [6.07, 6.45) is -3.00. The van der Waals surface area contributed by atoms with Crippen LogP contribution in [0.5, 0.6) is 0 Å². The van der Waals surface area contributed by atoms with Crippen molar-refractivity contribution in [3.8, 4) is 5.13 Å². The fourth-order valence-corrected chi connectivity index (χ4v) is 4.17. The number of nitrogens with one attached hydrogen (secondary N) is 1. The average Bonchev–Trinajstić information content (AvgIpc) is 3.29. The molecule has 3 aromatic rings. The van der Waals surface area contributed by atoms with Gasteiger partial charge in [-0.1, -0.05) is 23.5 Å². The van der Waals surface area contributed by atoms with Crippen molar-refractivity contribution in [1.29, 1.82) is 0 Å². The maximum absolute atomic E-state index is 13.5. The Labute approximate surface area is 173 Å². The molecule has 0 spiro atoms. The molecule has 2 aromatic heterocycles. The van der Waals surface area contributed by atoms with Crippen molar-refractivity contribution in [3.63, 3.8) is 0 Å². The van der Waals surface area contributed by atoms with E-state index in [-0.39, 0.29) is 5.13 Å². The fraction of sp³-hybridized carbons (Fsp3) is 0.421. The normalized spacial score (nSPS) is 16.1. The van der Waals surface area contributed by atoms with Gasteiger partial charge in [-0.25, -0.2) is 4.98 Å². The minimum absolute atomic E-state index is 0.152. The summed E-state index contributed by atoms with van der Waals surface area (Å²) >= 11 is 1.14. The topological polar surface area (TPSA) is 75.5 Å². The summed E-state index contributed by atoms with van der Waals surface area (Å²) in [5.41, 5.74) is -1.83. The first-order valence-electron chi connectivity index (χ1n) is 9.51. The Morgan fingerprint density at radius 3 is 2.77 bits per heavy atom. The van der Waals surface area contributed by atoms with Crippen molar-refractivity contribution in [1.82, 2.24) is 19.7 Å². The standard InChI is InChI=1S/C19H20F3N5O2S/c20-19(21,22)16-13(12-23-6-3-7-26-8-10-29-11-9-26)17(28)27(25-16)18-24-14-4-1-2-5-15(14)30-18/h1-2,4-5,12,25H,3,6-11H2. The Morgan fingerprint density at radius 2 is 2.03 bits per heavy atom. The second-order valence-corrected chi connectivity index (χ2v) is 7.85. The fourth-order valence-electron chi connectivity index (χ4n) is 3.24. The van der Waals surface area contributed by atoms with Crippen molar-refractivity contribution in [2.45, 2.75) is 12.6 Å². The van der Waals surface area contributed by atoms with Crippen molar-refractivity contribution < 1.29 is 17.9 Å². The molecule has 0 atom stereocenters. The van der Waals surface area contributed by atoms with Crippen LogP contribution in [0.25, 0.3) is 15.3 Å². The first kappa shape index (κ1) is 20.8. The molecule has 1 aromatic carbocycles. The predicted octanol–water partition coefficient (Wildman–Crippen LogP) is 2.94. The van der Waals surface area contributed by atoms with Crippen LogP contribution in [0.3, 0.4) is 0 Å². The van der Waals surface area contributed by atoms with E-state index in [2.05, 4.69) is 20.0 Å². The first-order chi connectivity index (χ1) is 14.4. The summed E-state index contributed by atoms with van der Waals surface area (Å²) in [5, 5.41) is 2.33. The molecule has 0 aliphatic carbocycles. The zero-order valence-electron chi connectivity index (χ0n) is 16.0. The second-order valence-electron chi connectivity index (χ2n) is 6.85. The number of halogens is 3. The van der Waals surface area contributed by atoms with Crippen molar-refractivity contribution >= 4 is 27.8 Å². The van der Waals surface area contributed by atoms with Gasteiger partial charge in [-0.15, -0.1) is 0 Å². The molecule has 30 heavy (non-hydrogen) atoms. The van der Waals surface area contributed by atoms with Gasteiger partial charge >= 0.3 is 6.18 Å². The van der Waals surface area contributed by atoms with Gasteiger partial charge in [0.05, 0.1) is 29.0 Å². The number of thiazole rings is 1. The van der Waals surface area contributed by atoms with E-state index in [1.54, 1.807) is 24.3 Å². The highest BCUT2D eigenvalue weighted by Gasteiger charge is 2.38. The number of hydrogen-bond donors (Lipinski definition) is 1. The lowest BCUT2D eigenvalue weighted by atomic mass is 10.2. The molecule has 4 rings (SSSR count). The van der Waals surface area contributed by atoms with Crippen LogP contribution in [0.4, 0.5) is 13.2 Å². The average molecular weight is 439 g/mol. The van der Waals surface area contributed by atoms with E-state index in [0.29, 0.717) is 31.7 Å². The smallest absolute Gasteiger partial charge is 0.379 e. The molecule has 0 bridgehead atoms. The van der Waals surface area contributed by atoms with E-state index in [0.717, 1.165) is 46.6 Å². The summed E-state index contributed by atoms with van der Waals surface area (Å²) in [4.78, 5) is 23.3. The lowest BCUT2D eigenvalue weighted by Crippen LogP contribution is -2.37. The summed E-state index contributed by atoms with van der Waals surface area (Å²) in [5.74, 6) is 0. The van der Waals surface area contributed by atoms with E-state index in [9.17, 15) is 18.0 Å². The van der Waals surface area contributed by atoms with E-state index in [1.165, 1.54) is 0 Å². The number of H-pyrrole nitrogens is 1. The molecule has 0 saturated carbocycles. The van der Waals surface area contributed by atoms with Crippen molar-refractivity contribution in [3.05, 3.63) is 45.9 Å². The van der Waals surface area contributed by atoms with Crippen LogP contribution in [0.15, 0.2) is 34.1 Å². The quantitative estimate of drug-likeness (QED) is 0.473. The zero-order chi connectivity index (χ0) is 21.1. The number of hydrogen-bond acceptors (Lipinski definition) is 6. The Hall–Kier alpha value is -2.50. The highest BCUT2D eigenvalue weighted by atomic mass is 32.1. The molecule has 1 N–H and O–H groups in total. The van der Waals surface area contributed by atoms with Gasteiger partial charge in [-0.3, -0.25) is 19.8 Å². The third kappa shape index (κ3) is 4.47. The number of rotatable bonds is 6. The van der Waals surface area contributed by atoms with Crippen LogP contribution < -0.4 is 5.56 Å². The number of aliphatic imine (C=N–C) groups is 1. The molecular formula is C19H20F3N5O2S. The SMILES string of the molecule is O=c1c(C=NCCCN2CCOCC2)c(C(F)(F)F)[nH]n1-c1nc2ccccc2s1. The molecular weight excluding hydrogens is 419 g/mol. The summed E-state index contributed by atoms with van der Waals surface area (Å²) in [6.45, 7) is 4.18. The highest BCUT2D eigenvalue weighted by molar-refractivity contribution is 7.20. The Bertz CT molecular complexity index is 1060. The molecule has 1 aliphatic rings. The number of ether oxygens (including phenoxy) is 1. The third-order valence-electron chi connectivity index (χ3n) is 4.77. The van der Waals surface area contributed by atoms with Gasteiger partial charge in [-0.05, 0) is 18.6 Å². The van der Waals surface area contributed by atoms with Gasteiger partial charge in [0.1, 0.15) is 0 Å². The molecule has 160 valence electrons. The molecule has 0 radical (unpaired) electrons. The molecule has 0 amide bonds. The van der Waals surface area contributed by atoms with Crippen LogP contribution in [-0.4, -0.2) is 65.3 Å². The summed E-state index contributed by atoms with van der Waals surface area (Å²) in [6, 6.07) is 7.12. The van der Waals surface area contributed by atoms with Crippen molar-refractivity contribution in [2.24, 2.45) is 4.99 Å². The maximum atomic E-state index is 13.5. The van der Waals surface area contributed by atoms with Gasteiger partial charge in [-0.2, -0.15) is 17.9 Å². The van der Waals surface area contributed by atoms with E-state index in [1.807, 2.05) is 0 Å². The van der Waals surface area contributed by atoms with E-state index >= 15 is 0 Å². The maximum Gasteiger partial charge on any atom is 0.433 e. The van der Waals surface area contributed by atoms with Crippen LogP contribution in [0.1, 0.15) is 17.7 Å². The molecule has 1 saturated heterocycles. The number of fused-ring (bicyclic) bond motifs is 1. The van der Waals surface area contributed by atoms with Crippen LogP contribution in [0.2, 0.25) is 0 Å². The van der Waals surface area contributed by atoms with E-state index < -0.39 is 23.0 Å². The van der Waals surface area contributed by atoms with Crippen LogP contribution in [-0.2, 0) is 10.9 Å². The lowest BCUT2D eigenvalue weighted by molar-refractivity contribution is -0.141. The Kier molecular flexibility index (Phi) is 6.02. The molecule has 11 heteroatoms. The third-order valence-corrected chi connectivity index (χ3v) is 5.79. The number of aromatic nitrogens is 3. The first-order valence-corrected chi connectivity index (χ1v) is 10.3. The molecule has 1 aliphatic heterocycles. The zero-order valence-corrected chi connectivity index (χ0v) is 16.8. The van der Waals surface area contributed by atoms with Gasteiger partial charge in [0.25, 0.3) is 5.56 Å². The summed E-state index contributed by atoms with van der Waals surface area (Å²) < 4.78 is 47.4. The van der Waals surface area contributed by atoms with Crippen molar-refractivity contribution in [2.75, 3.05) is 39.4 Å². The number of para-hydroxylation sites is 1. The van der Waals surface area contributed by atoms with Crippen LogP contribution in [0, 0.1) is 0 Å². The minimum atomic E-state index is -4.71. The monoisotopic (exact) mass is 439 g/mol. The Morgan fingerprint density at radius 1 is 1.27 bits per heavy atom. The molecule has 3 heterocycles. The molecule has 0 unspecified atom stereocenters. The lowest BCUT2D eigenvalue weighted by Gasteiger charge is -2.26. The van der Waals surface area contributed by atoms with Gasteiger partial charge < -0.3 is 4.74 Å². The minimum Gasteiger partial charge on any atom is -0.379 e. The Balaban J connectivity index is 1.55. The highest BCUT2D eigenvalue weighted by Crippen LogP contribution is 2.30. The van der Waals surface area contributed by atoms with Gasteiger partial charge in [0.2, 0.25) is 5.13 Å². The summed E-state index contributed by atoms with van der Waals surface area (Å²) in [7, 11) is 0. The number of aromatic amines is 1. The largest absolute Gasteiger partial charge is 0.433 e. The number of alkyl halides is 3. The van der Waals surface area contributed by atoms with Crippen LogP contribution >= 0.6 is 11.3 Å². The molecule has 7 nitrogen and oxygen atoms in total. The predicted molar refractivity (Wildman–Crippen MR) is 109 cm³/mol. The number of morpholine rings is 1. The molecule has 1 fully saturated rings. The number of benzene rings is 1.